The lowest BCUT2D eigenvalue weighted by atomic mass is 10.1. The standard InChI is InChI=1S/C26H26N2O4/c1-19-7-11-22(12-8-19)31-16-15-28-23-13-10-21(17-24(23)32-18-26(28)30)27-25(29)14-9-20-5-3-2-4-6-20/h2-8,10-13,17H,9,14-16,18H2,1H3,(H,27,29). The van der Waals surface area contributed by atoms with Gasteiger partial charge in [-0.15, -0.1) is 0 Å². The SMILES string of the molecule is Cc1ccc(OCCN2C(=O)COc3cc(NC(=O)CCc4ccccc4)ccc32)cc1. The second-order valence-corrected chi connectivity index (χ2v) is 7.71. The number of rotatable bonds is 8. The summed E-state index contributed by atoms with van der Waals surface area (Å²) in [6.07, 6.45) is 1.07. The van der Waals surface area contributed by atoms with Gasteiger partial charge in [0.1, 0.15) is 18.1 Å². The number of hydrogen-bond acceptors (Lipinski definition) is 4. The Labute approximate surface area is 187 Å². The van der Waals surface area contributed by atoms with Crippen molar-refractivity contribution in [1.29, 1.82) is 0 Å². The Balaban J connectivity index is 1.35. The number of nitrogens with zero attached hydrogens (tertiary/aromatic N) is 1. The molecule has 0 spiro atoms. The van der Waals surface area contributed by atoms with Crippen LogP contribution in [0.2, 0.25) is 0 Å². The van der Waals surface area contributed by atoms with Crippen molar-refractivity contribution in [2.24, 2.45) is 0 Å². The Morgan fingerprint density at radius 3 is 2.62 bits per heavy atom. The van der Waals surface area contributed by atoms with Crippen molar-refractivity contribution in [1.82, 2.24) is 0 Å². The van der Waals surface area contributed by atoms with E-state index < -0.39 is 0 Å². The largest absolute Gasteiger partial charge is 0.492 e. The van der Waals surface area contributed by atoms with Crippen molar-refractivity contribution < 1.29 is 19.1 Å². The van der Waals surface area contributed by atoms with Crippen LogP contribution in [0.4, 0.5) is 11.4 Å². The quantitative estimate of drug-likeness (QED) is 0.576. The molecule has 164 valence electrons. The molecule has 3 aromatic rings. The molecule has 0 fully saturated rings. The minimum Gasteiger partial charge on any atom is -0.492 e. The number of anilines is 2. The molecule has 0 saturated carbocycles. The van der Waals surface area contributed by atoms with Crippen LogP contribution in [0.1, 0.15) is 17.5 Å². The van der Waals surface area contributed by atoms with E-state index in [2.05, 4.69) is 5.32 Å². The maximum Gasteiger partial charge on any atom is 0.265 e. The summed E-state index contributed by atoms with van der Waals surface area (Å²) in [6, 6.07) is 23.0. The van der Waals surface area contributed by atoms with Gasteiger partial charge >= 0.3 is 0 Å². The number of hydrogen-bond donors (Lipinski definition) is 1. The third kappa shape index (κ3) is 5.46. The van der Waals surface area contributed by atoms with Crippen LogP contribution in [0.15, 0.2) is 72.8 Å². The third-order valence-electron chi connectivity index (χ3n) is 5.27. The van der Waals surface area contributed by atoms with Gasteiger partial charge in [-0.3, -0.25) is 9.59 Å². The van der Waals surface area contributed by atoms with Gasteiger partial charge in [0.25, 0.3) is 5.91 Å². The lowest BCUT2D eigenvalue weighted by Crippen LogP contribution is -2.41. The molecule has 1 N–H and O–H groups in total. The van der Waals surface area contributed by atoms with Gasteiger partial charge in [0.15, 0.2) is 6.61 Å². The van der Waals surface area contributed by atoms with E-state index in [0.717, 1.165) is 16.9 Å². The molecule has 4 rings (SSSR count). The molecule has 1 heterocycles. The minimum atomic E-state index is -0.121. The summed E-state index contributed by atoms with van der Waals surface area (Å²) in [5, 5.41) is 2.91. The first-order chi connectivity index (χ1) is 15.6. The lowest BCUT2D eigenvalue weighted by molar-refractivity contribution is -0.121. The molecule has 32 heavy (non-hydrogen) atoms. The zero-order valence-electron chi connectivity index (χ0n) is 18.0. The van der Waals surface area contributed by atoms with Crippen molar-refractivity contribution in [3.8, 4) is 11.5 Å². The Morgan fingerprint density at radius 2 is 1.84 bits per heavy atom. The summed E-state index contributed by atoms with van der Waals surface area (Å²) in [5.41, 5.74) is 3.61. The number of ether oxygens (including phenoxy) is 2. The van der Waals surface area contributed by atoms with Gasteiger partial charge in [0.05, 0.1) is 12.2 Å². The predicted octanol–water partition coefficient (Wildman–Crippen LogP) is 4.37. The average Bonchev–Trinajstić information content (AvgIpc) is 2.81. The molecule has 0 saturated heterocycles. The number of carbonyl (C=O) groups excluding carboxylic acids is 2. The highest BCUT2D eigenvalue weighted by molar-refractivity contribution is 5.99. The number of fused-ring (bicyclic) bond motifs is 1. The summed E-state index contributed by atoms with van der Waals surface area (Å²) in [4.78, 5) is 26.4. The molecule has 3 aromatic carbocycles. The lowest BCUT2D eigenvalue weighted by Gasteiger charge is -2.29. The highest BCUT2D eigenvalue weighted by Crippen LogP contribution is 2.34. The van der Waals surface area contributed by atoms with E-state index in [0.29, 0.717) is 43.1 Å². The molecular weight excluding hydrogens is 404 g/mol. The van der Waals surface area contributed by atoms with Crippen molar-refractivity contribution in [3.63, 3.8) is 0 Å². The van der Waals surface area contributed by atoms with Crippen LogP contribution >= 0.6 is 0 Å². The monoisotopic (exact) mass is 430 g/mol. The topological polar surface area (TPSA) is 67.9 Å². The molecule has 6 heteroatoms. The average molecular weight is 431 g/mol. The van der Waals surface area contributed by atoms with E-state index in [1.165, 1.54) is 0 Å². The highest BCUT2D eigenvalue weighted by atomic mass is 16.5. The van der Waals surface area contributed by atoms with Crippen LogP contribution < -0.4 is 19.7 Å². The fourth-order valence-electron chi connectivity index (χ4n) is 3.54. The zero-order chi connectivity index (χ0) is 22.3. The van der Waals surface area contributed by atoms with Gasteiger partial charge in [-0.2, -0.15) is 0 Å². The third-order valence-corrected chi connectivity index (χ3v) is 5.27. The van der Waals surface area contributed by atoms with Crippen LogP contribution in [0, 0.1) is 6.92 Å². The molecule has 0 unspecified atom stereocenters. The fourth-order valence-corrected chi connectivity index (χ4v) is 3.54. The number of amides is 2. The molecule has 0 atom stereocenters. The van der Waals surface area contributed by atoms with E-state index in [9.17, 15) is 9.59 Å². The molecule has 0 aliphatic carbocycles. The molecule has 0 aromatic heterocycles. The van der Waals surface area contributed by atoms with Gasteiger partial charge in [0, 0.05) is 18.2 Å². The van der Waals surface area contributed by atoms with Crippen LogP contribution in [-0.4, -0.2) is 31.6 Å². The highest BCUT2D eigenvalue weighted by Gasteiger charge is 2.25. The molecule has 6 nitrogen and oxygen atoms in total. The van der Waals surface area contributed by atoms with Gasteiger partial charge in [-0.25, -0.2) is 0 Å². The van der Waals surface area contributed by atoms with E-state index in [1.54, 1.807) is 23.1 Å². The van der Waals surface area contributed by atoms with Gasteiger partial charge in [0.2, 0.25) is 5.91 Å². The first-order valence-corrected chi connectivity index (χ1v) is 10.7. The van der Waals surface area contributed by atoms with Crippen molar-refractivity contribution in [2.75, 3.05) is 30.0 Å². The van der Waals surface area contributed by atoms with Crippen molar-refractivity contribution in [2.45, 2.75) is 19.8 Å². The summed E-state index contributed by atoms with van der Waals surface area (Å²) >= 11 is 0. The van der Waals surface area contributed by atoms with Crippen LogP contribution in [0.5, 0.6) is 11.5 Å². The van der Waals surface area contributed by atoms with E-state index in [4.69, 9.17) is 9.47 Å². The normalized spacial score (nSPS) is 12.7. The molecule has 0 radical (unpaired) electrons. The summed E-state index contributed by atoms with van der Waals surface area (Å²) in [5.74, 6) is 1.15. The predicted molar refractivity (Wildman–Crippen MR) is 124 cm³/mol. The van der Waals surface area contributed by atoms with Gasteiger partial charge in [-0.05, 0) is 43.2 Å². The molecule has 1 aliphatic heterocycles. The molecular formula is C26H26N2O4. The van der Waals surface area contributed by atoms with Crippen molar-refractivity contribution >= 4 is 23.2 Å². The summed E-state index contributed by atoms with van der Waals surface area (Å²) < 4.78 is 11.4. The van der Waals surface area contributed by atoms with E-state index >= 15 is 0 Å². The number of nitrogens with one attached hydrogen (secondary N) is 1. The first kappa shape index (κ1) is 21.4. The number of carbonyl (C=O) groups is 2. The zero-order valence-corrected chi connectivity index (χ0v) is 18.0. The maximum atomic E-state index is 12.4. The summed E-state index contributed by atoms with van der Waals surface area (Å²) in [7, 11) is 0. The van der Waals surface area contributed by atoms with Crippen molar-refractivity contribution in [3.05, 3.63) is 83.9 Å². The Bertz CT molecular complexity index is 1080. The van der Waals surface area contributed by atoms with E-state index in [1.807, 2.05) is 61.5 Å². The number of aryl methyl sites for hydroxylation is 2. The second kappa shape index (κ2) is 10.0. The number of benzene rings is 3. The minimum absolute atomic E-state index is 0.0388. The Kier molecular flexibility index (Phi) is 6.70. The first-order valence-electron chi connectivity index (χ1n) is 10.7. The second-order valence-electron chi connectivity index (χ2n) is 7.71. The van der Waals surface area contributed by atoms with Crippen LogP contribution in [-0.2, 0) is 16.0 Å². The molecule has 0 bridgehead atoms. The fraction of sp³-hybridized carbons (Fsp3) is 0.231. The smallest absolute Gasteiger partial charge is 0.265 e. The Hall–Kier alpha value is -3.80. The molecule has 1 aliphatic rings. The summed E-state index contributed by atoms with van der Waals surface area (Å²) in [6.45, 7) is 2.76. The van der Waals surface area contributed by atoms with Crippen LogP contribution in [0.25, 0.3) is 0 Å². The Morgan fingerprint density at radius 1 is 1.06 bits per heavy atom. The molecule has 2 amide bonds. The maximum absolute atomic E-state index is 12.4. The van der Waals surface area contributed by atoms with Gasteiger partial charge < -0.3 is 19.7 Å². The van der Waals surface area contributed by atoms with E-state index in [-0.39, 0.29) is 18.4 Å². The van der Waals surface area contributed by atoms with Gasteiger partial charge in [-0.1, -0.05) is 48.0 Å². The van der Waals surface area contributed by atoms with Crippen LogP contribution in [0.3, 0.4) is 0 Å².